The van der Waals surface area contributed by atoms with Crippen molar-refractivity contribution in [1.29, 1.82) is 0 Å². The maximum atomic E-state index is 12.8. The topological polar surface area (TPSA) is 92.8 Å². The smallest absolute Gasteiger partial charge is 0.267 e. The molecule has 1 N–H and O–H groups in total. The molecule has 1 heterocycles. The van der Waals surface area contributed by atoms with Crippen LogP contribution in [0.15, 0.2) is 29.2 Å². The molecule has 1 aromatic rings. The number of aryl methyl sites for hydroxylation is 1. The van der Waals surface area contributed by atoms with Crippen LogP contribution in [0.4, 0.5) is 0 Å². The summed E-state index contributed by atoms with van der Waals surface area (Å²) >= 11 is 0. The van der Waals surface area contributed by atoms with Crippen LogP contribution in [0.2, 0.25) is 0 Å². The van der Waals surface area contributed by atoms with Gasteiger partial charge in [-0.3, -0.25) is 9.59 Å². The van der Waals surface area contributed by atoms with Crippen molar-refractivity contribution in [3.8, 4) is 0 Å². The zero-order valence-corrected chi connectivity index (χ0v) is 15.3. The minimum atomic E-state index is -4.04. The number of carbonyl (C=O) groups excluding carboxylic acids is 2. The average molecular weight is 368 g/mol. The molecule has 0 aliphatic carbocycles. The average Bonchev–Trinajstić information content (AvgIpc) is 2.97. The molecular weight excluding hydrogens is 344 g/mol. The van der Waals surface area contributed by atoms with E-state index in [1.807, 2.05) is 13.8 Å². The quantitative estimate of drug-likeness (QED) is 0.697. The number of nitrogens with zero attached hydrogens (tertiary/aromatic N) is 1. The predicted octanol–water partition coefficient (Wildman–Crippen LogP) is 1.22. The second-order valence-corrected chi connectivity index (χ2v) is 7.72. The number of sulfonamides is 1. The van der Waals surface area contributed by atoms with Gasteiger partial charge in [-0.2, -0.15) is 0 Å². The van der Waals surface area contributed by atoms with E-state index >= 15 is 0 Å². The third kappa shape index (κ3) is 4.58. The Balaban J connectivity index is 2.10. The van der Waals surface area contributed by atoms with Crippen LogP contribution in [-0.2, 0) is 24.3 Å². The van der Waals surface area contributed by atoms with Crippen molar-refractivity contribution in [3.63, 3.8) is 0 Å². The van der Waals surface area contributed by atoms with Gasteiger partial charge in [0.05, 0.1) is 4.90 Å². The van der Waals surface area contributed by atoms with Crippen molar-refractivity contribution in [2.75, 3.05) is 19.8 Å². The van der Waals surface area contributed by atoms with Gasteiger partial charge in [0.15, 0.2) is 0 Å². The zero-order valence-electron chi connectivity index (χ0n) is 14.5. The van der Waals surface area contributed by atoms with Crippen LogP contribution in [0.1, 0.15) is 31.7 Å². The monoisotopic (exact) mass is 368 g/mol. The largest absolute Gasteiger partial charge is 0.382 e. The molecule has 1 aromatic carbocycles. The lowest BCUT2D eigenvalue weighted by Gasteiger charge is -2.23. The third-order valence-corrected chi connectivity index (χ3v) is 5.85. The molecule has 0 bridgehead atoms. The third-order valence-electron chi connectivity index (χ3n) is 4.01. The lowest BCUT2D eigenvalue weighted by molar-refractivity contribution is -0.130. The summed E-state index contributed by atoms with van der Waals surface area (Å²) in [5.41, 5.74) is 0.912. The van der Waals surface area contributed by atoms with Crippen molar-refractivity contribution in [2.45, 2.75) is 44.0 Å². The van der Waals surface area contributed by atoms with Gasteiger partial charge in [-0.1, -0.05) is 17.7 Å². The van der Waals surface area contributed by atoms with Crippen LogP contribution >= 0.6 is 0 Å². The Kier molecular flexibility index (Phi) is 6.55. The molecule has 1 atom stereocenters. The Labute approximate surface area is 148 Å². The van der Waals surface area contributed by atoms with E-state index in [9.17, 15) is 18.0 Å². The molecule has 25 heavy (non-hydrogen) atoms. The summed E-state index contributed by atoms with van der Waals surface area (Å²) in [5, 5.41) is 2.69. The summed E-state index contributed by atoms with van der Waals surface area (Å²) in [6.45, 7) is 5.23. The maximum Gasteiger partial charge on any atom is 0.267 e. The van der Waals surface area contributed by atoms with Crippen molar-refractivity contribution >= 4 is 21.8 Å². The van der Waals surface area contributed by atoms with Crippen molar-refractivity contribution in [1.82, 2.24) is 9.62 Å². The lowest BCUT2D eigenvalue weighted by Crippen LogP contribution is -2.47. The highest BCUT2D eigenvalue weighted by atomic mass is 32.2. The first-order chi connectivity index (χ1) is 11.9. The normalized spacial score (nSPS) is 17.8. The Morgan fingerprint density at radius 2 is 2.00 bits per heavy atom. The Hall–Kier alpha value is -1.93. The summed E-state index contributed by atoms with van der Waals surface area (Å²) < 4.78 is 31.5. The van der Waals surface area contributed by atoms with Gasteiger partial charge in [-0.15, -0.1) is 0 Å². The molecule has 138 valence electrons. The highest BCUT2D eigenvalue weighted by Gasteiger charge is 2.44. The maximum absolute atomic E-state index is 12.8. The molecule has 1 saturated heterocycles. The molecule has 0 unspecified atom stereocenters. The molecule has 1 fully saturated rings. The summed E-state index contributed by atoms with van der Waals surface area (Å²) in [4.78, 5) is 24.5. The second-order valence-electron chi connectivity index (χ2n) is 5.90. The van der Waals surface area contributed by atoms with Crippen molar-refractivity contribution in [2.24, 2.45) is 0 Å². The van der Waals surface area contributed by atoms with E-state index in [-0.39, 0.29) is 17.7 Å². The van der Waals surface area contributed by atoms with Crippen LogP contribution in [0.5, 0.6) is 0 Å². The number of carbonyl (C=O) groups is 2. The van der Waals surface area contributed by atoms with Gasteiger partial charge in [0.25, 0.3) is 10.0 Å². The Morgan fingerprint density at radius 1 is 1.32 bits per heavy atom. The van der Waals surface area contributed by atoms with Gasteiger partial charge in [-0.25, -0.2) is 12.7 Å². The highest BCUT2D eigenvalue weighted by molar-refractivity contribution is 7.89. The molecule has 1 aliphatic heterocycles. The predicted molar refractivity (Wildman–Crippen MR) is 92.4 cm³/mol. The molecule has 7 nitrogen and oxygen atoms in total. The molecular formula is C17H24N2O5S. The highest BCUT2D eigenvalue weighted by Crippen LogP contribution is 2.27. The van der Waals surface area contributed by atoms with E-state index in [1.165, 1.54) is 12.1 Å². The Morgan fingerprint density at radius 3 is 2.64 bits per heavy atom. The molecule has 8 heteroatoms. The number of hydrogen-bond donors (Lipinski definition) is 1. The fourth-order valence-corrected chi connectivity index (χ4v) is 4.28. The minimum Gasteiger partial charge on any atom is -0.382 e. The summed E-state index contributed by atoms with van der Waals surface area (Å²) in [7, 11) is -4.04. The van der Waals surface area contributed by atoms with E-state index in [4.69, 9.17) is 4.74 Å². The van der Waals surface area contributed by atoms with Crippen LogP contribution in [0.25, 0.3) is 0 Å². The van der Waals surface area contributed by atoms with Gasteiger partial charge >= 0.3 is 0 Å². The molecule has 0 saturated carbocycles. The van der Waals surface area contributed by atoms with E-state index in [0.29, 0.717) is 26.2 Å². The fourth-order valence-electron chi connectivity index (χ4n) is 2.67. The van der Waals surface area contributed by atoms with Crippen LogP contribution in [0.3, 0.4) is 0 Å². The molecule has 1 aliphatic rings. The van der Waals surface area contributed by atoms with Gasteiger partial charge in [0.2, 0.25) is 11.8 Å². The van der Waals surface area contributed by atoms with E-state index in [0.717, 1.165) is 9.87 Å². The van der Waals surface area contributed by atoms with Crippen molar-refractivity contribution in [3.05, 3.63) is 29.8 Å². The van der Waals surface area contributed by atoms with Crippen LogP contribution < -0.4 is 5.32 Å². The molecule has 0 aromatic heterocycles. The van der Waals surface area contributed by atoms with E-state index in [2.05, 4.69) is 5.32 Å². The number of benzene rings is 1. The van der Waals surface area contributed by atoms with Gasteiger partial charge in [0, 0.05) is 26.2 Å². The first-order valence-corrected chi connectivity index (χ1v) is 9.81. The number of nitrogens with one attached hydrogen (secondary N) is 1. The molecule has 2 rings (SSSR count). The number of ether oxygens (including phenoxy) is 1. The van der Waals surface area contributed by atoms with E-state index < -0.39 is 27.9 Å². The van der Waals surface area contributed by atoms with Crippen LogP contribution in [0, 0.1) is 6.92 Å². The number of amides is 2. The summed E-state index contributed by atoms with van der Waals surface area (Å²) in [6, 6.07) is 5.23. The molecule has 0 spiro atoms. The van der Waals surface area contributed by atoms with Gasteiger partial charge in [0.1, 0.15) is 6.04 Å². The standard InChI is InChI=1S/C17H24N2O5S/c1-3-24-12-4-11-18-17(21)15-9-10-16(20)19(15)25(22,23)14-7-5-13(2)6-8-14/h5-8,15H,3-4,9-12H2,1-2H3,(H,18,21)/t15-/m1/s1. The number of rotatable bonds is 8. The van der Waals surface area contributed by atoms with E-state index in [1.54, 1.807) is 12.1 Å². The van der Waals surface area contributed by atoms with Crippen molar-refractivity contribution < 1.29 is 22.7 Å². The lowest BCUT2D eigenvalue weighted by atomic mass is 10.2. The second kappa shape index (κ2) is 8.44. The first-order valence-electron chi connectivity index (χ1n) is 8.37. The fraction of sp³-hybridized carbons (Fsp3) is 0.529. The summed E-state index contributed by atoms with van der Waals surface area (Å²) in [6.07, 6.45) is 0.869. The van der Waals surface area contributed by atoms with Crippen LogP contribution in [-0.4, -0.2) is 50.3 Å². The Bertz CT molecular complexity index is 715. The first kappa shape index (κ1) is 19.4. The summed E-state index contributed by atoms with van der Waals surface area (Å²) in [5.74, 6) is -0.993. The SMILES string of the molecule is CCOCCCNC(=O)[C@H]1CCC(=O)N1S(=O)(=O)c1ccc(C)cc1. The number of hydrogen-bond acceptors (Lipinski definition) is 5. The van der Waals surface area contributed by atoms with Gasteiger partial charge in [-0.05, 0) is 38.8 Å². The molecule has 2 amide bonds. The minimum absolute atomic E-state index is 0.0162. The van der Waals surface area contributed by atoms with Gasteiger partial charge < -0.3 is 10.1 Å². The zero-order chi connectivity index (χ0) is 18.4. The molecule has 0 radical (unpaired) electrons.